The fourth-order valence-electron chi connectivity index (χ4n) is 4.58. The Balaban J connectivity index is 1.35. The quantitative estimate of drug-likeness (QED) is 0.298. The van der Waals surface area contributed by atoms with E-state index in [2.05, 4.69) is 14.9 Å². The minimum atomic E-state index is -1.01. The fourth-order valence-corrected chi connectivity index (χ4v) is 4.58. The first-order valence-electron chi connectivity index (χ1n) is 12.5. The number of fused-ring (bicyclic) bond motifs is 1. The van der Waals surface area contributed by atoms with Gasteiger partial charge in [0.25, 0.3) is 0 Å². The molecule has 3 aromatic carbocycles. The highest BCUT2D eigenvalue weighted by Gasteiger charge is 2.32. The Bertz CT molecular complexity index is 1400. The molecule has 1 aromatic heterocycles. The van der Waals surface area contributed by atoms with Crippen molar-refractivity contribution in [3.63, 3.8) is 0 Å². The largest absolute Gasteiger partial charge is 0.481 e. The number of aromatic nitrogens is 2. The molecule has 9 nitrogen and oxygen atoms in total. The van der Waals surface area contributed by atoms with Gasteiger partial charge in [0.1, 0.15) is 0 Å². The van der Waals surface area contributed by atoms with Crippen LogP contribution in [0.1, 0.15) is 48.3 Å². The molecule has 3 N–H and O–H groups in total. The Morgan fingerprint density at radius 2 is 1.68 bits per heavy atom. The Kier molecular flexibility index (Phi) is 7.78. The van der Waals surface area contributed by atoms with Gasteiger partial charge in [0.05, 0.1) is 49.1 Å². The second-order valence-corrected chi connectivity index (χ2v) is 9.30. The molecule has 0 bridgehead atoms. The molecule has 38 heavy (non-hydrogen) atoms. The second-order valence-electron chi connectivity index (χ2n) is 9.30. The molecular formula is C29H29N3O6. The zero-order chi connectivity index (χ0) is 26.5. The number of rotatable bonds is 9. The number of aliphatic hydroxyl groups is 1. The Labute approximate surface area is 219 Å². The first-order chi connectivity index (χ1) is 18.5. The summed E-state index contributed by atoms with van der Waals surface area (Å²) in [7, 11) is 0. The second kappa shape index (κ2) is 11.6. The van der Waals surface area contributed by atoms with Gasteiger partial charge < -0.3 is 29.6 Å². The summed E-state index contributed by atoms with van der Waals surface area (Å²) in [6, 6.07) is 22.9. The lowest BCUT2D eigenvalue weighted by molar-refractivity contribution is -0.252. The van der Waals surface area contributed by atoms with Gasteiger partial charge in [0.2, 0.25) is 5.91 Å². The monoisotopic (exact) mass is 515 g/mol. The summed E-state index contributed by atoms with van der Waals surface area (Å²) in [4.78, 5) is 27.2. The molecule has 3 atom stereocenters. The molecule has 1 saturated heterocycles. The number of amides is 1. The first kappa shape index (κ1) is 25.6. The summed E-state index contributed by atoms with van der Waals surface area (Å²) in [5.74, 6) is -1.37. The van der Waals surface area contributed by atoms with Crippen molar-refractivity contribution in [2.75, 3.05) is 5.32 Å². The maximum Gasteiger partial charge on any atom is 0.303 e. The van der Waals surface area contributed by atoms with Gasteiger partial charge in [-0.15, -0.1) is 0 Å². The minimum Gasteiger partial charge on any atom is -0.481 e. The predicted molar refractivity (Wildman–Crippen MR) is 140 cm³/mol. The number of imidazole rings is 1. The molecular weight excluding hydrogens is 486 g/mol. The van der Waals surface area contributed by atoms with Crippen LogP contribution in [0.2, 0.25) is 0 Å². The molecule has 1 aliphatic rings. The van der Waals surface area contributed by atoms with E-state index in [4.69, 9.17) is 14.6 Å². The number of nitrogens with zero attached hydrogens (tertiary/aromatic N) is 2. The van der Waals surface area contributed by atoms with Gasteiger partial charge in [-0.2, -0.15) is 0 Å². The molecule has 1 fully saturated rings. The number of aliphatic hydroxyl groups excluding tert-OH is 1. The van der Waals surface area contributed by atoms with E-state index in [1.807, 2.05) is 67.0 Å². The van der Waals surface area contributed by atoms with Crippen LogP contribution in [0.3, 0.4) is 0 Å². The first-order valence-corrected chi connectivity index (χ1v) is 12.5. The number of aliphatic carboxylic acids is 1. The number of carbonyl (C=O) groups excluding carboxylic acids is 1. The van der Waals surface area contributed by atoms with Crippen molar-refractivity contribution in [1.82, 2.24) is 9.55 Å². The van der Waals surface area contributed by atoms with Crippen LogP contribution < -0.4 is 5.32 Å². The standard InChI is InChI=1S/C29H29N3O6/c33-17-19-5-7-20(8-6-19)26-15-23(16-32-18-30-24-3-1-2-4-25(24)32)37-29(38-26)21-9-11-22(12-10-21)31-27(34)13-14-28(35)36/h1-12,18,23,26,29,33H,13-17H2,(H,31,34)(H,35,36)/t23-,26+,29+/m0/s1. The van der Waals surface area contributed by atoms with Crippen LogP contribution in [0, 0.1) is 0 Å². The van der Waals surface area contributed by atoms with Gasteiger partial charge in [-0.25, -0.2) is 4.98 Å². The van der Waals surface area contributed by atoms with Crippen LogP contribution in [-0.2, 0) is 32.2 Å². The SMILES string of the molecule is O=C(O)CCC(=O)Nc1ccc([C@@H]2O[C@H](Cn3cnc4ccccc43)C[C@H](c3ccc(CO)cc3)O2)cc1. The third kappa shape index (κ3) is 6.08. The fraction of sp³-hybridized carbons (Fsp3) is 0.276. The molecule has 0 spiro atoms. The van der Waals surface area contributed by atoms with Crippen LogP contribution in [0.4, 0.5) is 5.69 Å². The van der Waals surface area contributed by atoms with Gasteiger partial charge in [-0.3, -0.25) is 9.59 Å². The molecule has 9 heteroatoms. The Hall–Kier alpha value is -4.05. The van der Waals surface area contributed by atoms with Gasteiger partial charge >= 0.3 is 5.97 Å². The smallest absolute Gasteiger partial charge is 0.303 e. The number of ether oxygens (including phenoxy) is 2. The highest BCUT2D eigenvalue weighted by Crippen LogP contribution is 2.38. The molecule has 0 saturated carbocycles. The van der Waals surface area contributed by atoms with E-state index in [9.17, 15) is 14.7 Å². The normalized spacial score (nSPS) is 19.3. The summed E-state index contributed by atoms with van der Waals surface area (Å²) in [6.45, 7) is 0.580. The average Bonchev–Trinajstić information content (AvgIpc) is 3.35. The van der Waals surface area contributed by atoms with Crippen LogP contribution in [0.25, 0.3) is 11.0 Å². The zero-order valence-corrected chi connectivity index (χ0v) is 20.7. The van der Waals surface area contributed by atoms with Crippen molar-refractivity contribution >= 4 is 28.6 Å². The molecule has 5 rings (SSSR count). The lowest BCUT2D eigenvalue weighted by atomic mass is 10.00. The van der Waals surface area contributed by atoms with E-state index in [0.717, 1.165) is 27.7 Å². The summed E-state index contributed by atoms with van der Waals surface area (Å²) in [5, 5.41) is 20.9. The summed E-state index contributed by atoms with van der Waals surface area (Å²) < 4.78 is 14.9. The third-order valence-electron chi connectivity index (χ3n) is 6.58. The topological polar surface area (TPSA) is 123 Å². The number of carboxylic acid groups (broad SMARTS) is 1. The van der Waals surface area contributed by atoms with E-state index >= 15 is 0 Å². The number of benzene rings is 3. The Morgan fingerprint density at radius 3 is 2.42 bits per heavy atom. The van der Waals surface area contributed by atoms with Gasteiger partial charge in [0.15, 0.2) is 6.29 Å². The van der Waals surface area contributed by atoms with Crippen LogP contribution in [0.15, 0.2) is 79.1 Å². The number of hydrogen-bond donors (Lipinski definition) is 3. The highest BCUT2D eigenvalue weighted by molar-refractivity contribution is 5.92. The minimum absolute atomic E-state index is 0.0208. The van der Waals surface area contributed by atoms with E-state index in [1.165, 1.54) is 0 Å². The molecule has 1 amide bonds. The van der Waals surface area contributed by atoms with E-state index in [1.54, 1.807) is 12.1 Å². The third-order valence-corrected chi connectivity index (χ3v) is 6.58. The van der Waals surface area contributed by atoms with Crippen LogP contribution >= 0.6 is 0 Å². The van der Waals surface area contributed by atoms with Gasteiger partial charge in [0, 0.05) is 24.1 Å². The zero-order valence-electron chi connectivity index (χ0n) is 20.7. The predicted octanol–water partition coefficient (Wildman–Crippen LogP) is 4.58. The molecule has 1 aliphatic heterocycles. The molecule has 4 aromatic rings. The molecule has 0 aliphatic carbocycles. The van der Waals surface area contributed by atoms with Crippen molar-refractivity contribution in [3.05, 3.63) is 95.8 Å². The highest BCUT2D eigenvalue weighted by atomic mass is 16.7. The molecule has 0 radical (unpaired) electrons. The number of para-hydroxylation sites is 2. The summed E-state index contributed by atoms with van der Waals surface area (Å²) in [6.07, 6.45) is 1.13. The van der Waals surface area contributed by atoms with Crippen molar-refractivity contribution in [1.29, 1.82) is 0 Å². The van der Waals surface area contributed by atoms with Crippen molar-refractivity contribution < 1.29 is 29.3 Å². The number of carboxylic acids is 1. The average molecular weight is 516 g/mol. The van der Waals surface area contributed by atoms with E-state index < -0.39 is 12.3 Å². The summed E-state index contributed by atoms with van der Waals surface area (Å²) in [5.41, 5.74) is 5.15. The number of anilines is 1. The van der Waals surface area contributed by atoms with Crippen molar-refractivity contribution in [2.45, 2.75) is 50.9 Å². The summed E-state index contributed by atoms with van der Waals surface area (Å²) >= 11 is 0. The Morgan fingerprint density at radius 1 is 0.947 bits per heavy atom. The number of nitrogens with one attached hydrogen (secondary N) is 1. The maximum absolute atomic E-state index is 12.0. The molecule has 2 heterocycles. The lowest BCUT2D eigenvalue weighted by Gasteiger charge is -2.36. The lowest BCUT2D eigenvalue weighted by Crippen LogP contribution is -2.32. The number of hydrogen-bond acceptors (Lipinski definition) is 6. The van der Waals surface area contributed by atoms with E-state index in [-0.39, 0.29) is 37.6 Å². The van der Waals surface area contributed by atoms with E-state index in [0.29, 0.717) is 18.7 Å². The molecule has 196 valence electrons. The molecule has 0 unspecified atom stereocenters. The van der Waals surface area contributed by atoms with Gasteiger partial charge in [-0.05, 0) is 35.4 Å². The van der Waals surface area contributed by atoms with Crippen molar-refractivity contribution in [3.8, 4) is 0 Å². The van der Waals surface area contributed by atoms with Crippen LogP contribution in [-0.4, -0.2) is 37.7 Å². The van der Waals surface area contributed by atoms with Crippen molar-refractivity contribution in [2.24, 2.45) is 0 Å². The maximum atomic E-state index is 12.0. The number of carbonyl (C=O) groups is 2. The van der Waals surface area contributed by atoms with Gasteiger partial charge in [-0.1, -0.05) is 48.5 Å². The van der Waals surface area contributed by atoms with Crippen LogP contribution in [0.5, 0.6) is 0 Å².